The first kappa shape index (κ1) is 25.6. The van der Waals surface area contributed by atoms with E-state index in [1.54, 1.807) is 5.57 Å². The van der Waals surface area contributed by atoms with Crippen LogP contribution in [0.5, 0.6) is 0 Å². The molecule has 2 nitrogen and oxygen atoms in total. The van der Waals surface area contributed by atoms with E-state index < -0.39 is 0 Å². The molecule has 3 heteroatoms. The molecular formula is C25H47NOS. The predicted molar refractivity (Wildman–Crippen MR) is 127 cm³/mol. The molecule has 1 unspecified atom stereocenters. The van der Waals surface area contributed by atoms with Gasteiger partial charge in [0.25, 0.3) is 0 Å². The van der Waals surface area contributed by atoms with Crippen molar-refractivity contribution in [1.82, 2.24) is 4.90 Å². The molecule has 2 heterocycles. The number of hydrogen-bond acceptors (Lipinski definition) is 1. The molecule has 2 aliphatic heterocycles. The summed E-state index contributed by atoms with van der Waals surface area (Å²) in [5.41, 5.74) is 2.24. The molecule has 3 fully saturated rings. The van der Waals surface area contributed by atoms with E-state index in [0.29, 0.717) is 11.3 Å². The third kappa shape index (κ3) is 4.35. The van der Waals surface area contributed by atoms with Crippen molar-refractivity contribution >= 4 is 19.4 Å². The van der Waals surface area contributed by atoms with Crippen LogP contribution >= 0.6 is 13.5 Å². The van der Waals surface area contributed by atoms with Gasteiger partial charge in [-0.2, -0.15) is 13.5 Å². The molecule has 4 aliphatic rings. The maximum absolute atomic E-state index is 12.6. The molecule has 0 spiro atoms. The molecule has 28 heavy (non-hydrogen) atoms. The second-order valence-electron chi connectivity index (χ2n) is 9.56. The summed E-state index contributed by atoms with van der Waals surface area (Å²) in [6.07, 6.45) is 13.3. The van der Waals surface area contributed by atoms with Gasteiger partial charge in [0, 0.05) is 18.5 Å². The van der Waals surface area contributed by atoms with E-state index in [0.717, 1.165) is 37.1 Å². The monoisotopic (exact) mass is 409 g/mol. The van der Waals surface area contributed by atoms with Crippen molar-refractivity contribution < 1.29 is 4.79 Å². The van der Waals surface area contributed by atoms with Gasteiger partial charge in [0.1, 0.15) is 0 Å². The summed E-state index contributed by atoms with van der Waals surface area (Å²) in [6.45, 7) is 16.6. The quantitative estimate of drug-likeness (QED) is 0.390. The average Bonchev–Trinajstić information content (AvgIpc) is 2.87. The van der Waals surface area contributed by atoms with Gasteiger partial charge >= 0.3 is 0 Å². The summed E-state index contributed by atoms with van der Waals surface area (Å²) in [5, 5.41) is 0. The summed E-state index contributed by atoms with van der Waals surface area (Å²) in [5.74, 6) is 2.84. The molecule has 0 bridgehead atoms. The van der Waals surface area contributed by atoms with Gasteiger partial charge in [0.05, 0.1) is 0 Å². The summed E-state index contributed by atoms with van der Waals surface area (Å²) in [6, 6.07) is 0. The van der Waals surface area contributed by atoms with E-state index in [2.05, 4.69) is 45.6 Å². The van der Waals surface area contributed by atoms with Crippen LogP contribution in [0.1, 0.15) is 106 Å². The maximum atomic E-state index is 12.6. The molecule has 0 N–H and O–H groups in total. The van der Waals surface area contributed by atoms with Crippen LogP contribution in [0.3, 0.4) is 0 Å². The lowest BCUT2D eigenvalue weighted by molar-refractivity contribution is -0.150. The average molecular weight is 410 g/mol. The lowest BCUT2D eigenvalue weighted by Crippen LogP contribution is -2.62. The van der Waals surface area contributed by atoms with Gasteiger partial charge in [0.15, 0.2) is 0 Å². The van der Waals surface area contributed by atoms with Crippen LogP contribution in [0, 0.1) is 23.2 Å². The molecule has 2 saturated heterocycles. The first-order valence-corrected chi connectivity index (χ1v) is 11.9. The fraction of sp³-hybridized carbons (Fsp3) is 0.880. The van der Waals surface area contributed by atoms with E-state index in [9.17, 15) is 4.79 Å². The highest BCUT2D eigenvalue weighted by Gasteiger charge is 2.57. The molecule has 164 valence electrons. The van der Waals surface area contributed by atoms with E-state index >= 15 is 0 Å². The maximum Gasteiger partial charge on any atom is 0.223 e. The van der Waals surface area contributed by atoms with Crippen molar-refractivity contribution in [3.8, 4) is 0 Å². The Morgan fingerprint density at radius 2 is 1.71 bits per heavy atom. The minimum absolute atomic E-state index is 0. The molecule has 4 rings (SSSR count). The molecule has 5 atom stereocenters. The van der Waals surface area contributed by atoms with Gasteiger partial charge in [0.2, 0.25) is 5.91 Å². The van der Waals surface area contributed by atoms with Gasteiger partial charge in [-0.25, -0.2) is 0 Å². The fourth-order valence-electron chi connectivity index (χ4n) is 6.60. The largest absolute Gasteiger partial charge is 0.337 e. The molecule has 0 radical (unpaired) electrons. The normalized spacial score (nSPS) is 38.7. The Kier molecular flexibility index (Phi) is 9.64. The molecular weight excluding hydrogens is 362 g/mol. The number of rotatable bonds is 0. The summed E-state index contributed by atoms with van der Waals surface area (Å²) < 4.78 is 0. The topological polar surface area (TPSA) is 20.3 Å². The predicted octanol–water partition coefficient (Wildman–Crippen LogP) is 7.11. The number of nitrogens with zero attached hydrogens (tertiary/aromatic N) is 1. The number of carbonyl (C=O) groups is 1. The first-order chi connectivity index (χ1) is 12.9. The lowest BCUT2D eigenvalue weighted by atomic mass is 9.52. The number of carbonyl (C=O) groups excluding carboxylic acids is 1. The summed E-state index contributed by atoms with van der Waals surface area (Å²) >= 11 is 0. The van der Waals surface area contributed by atoms with E-state index in [1.807, 2.05) is 13.8 Å². The number of allylic oxidation sites excluding steroid dienone is 2. The zero-order chi connectivity index (χ0) is 20.2. The van der Waals surface area contributed by atoms with Crippen LogP contribution in [-0.2, 0) is 4.79 Å². The van der Waals surface area contributed by atoms with Crippen molar-refractivity contribution in [2.45, 2.75) is 112 Å². The van der Waals surface area contributed by atoms with Crippen LogP contribution in [0.4, 0.5) is 0 Å². The highest BCUT2D eigenvalue weighted by atomic mass is 32.1. The summed E-state index contributed by atoms with van der Waals surface area (Å²) in [4.78, 5) is 14.9. The van der Waals surface area contributed by atoms with Gasteiger partial charge in [-0.3, -0.25) is 4.79 Å². The zero-order valence-electron chi connectivity index (χ0n) is 19.7. The number of piperidine rings is 1. The molecule has 0 aromatic rings. The standard InChI is InChI=1S/C20H31NO.C3H8.C2H6.H2S/c1-14-7-8-16-15-10-13-21-18(22)6-4-5-11-20(21,3)17(15)9-12-19(14,16)2;1-3-2;1-2;/h7,15-17H,4-6,8-13H2,1-3H3;3H2,1-2H3;1-2H3;1H2/t15-,16-,17?,19+,20+;;;/m0.../s1. The van der Waals surface area contributed by atoms with Crippen molar-refractivity contribution in [3.63, 3.8) is 0 Å². The Balaban J connectivity index is 0.000000600. The second kappa shape index (κ2) is 10.5. The number of amides is 1. The number of hydrogen-bond donors (Lipinski definition) is 0. The van der Waals surface area contributed by atoms with Crippen LogP contribution in [0.2, 0.25) is 0 Å². The third-order valence-corrected chi connectivity index (χ3v) is 8.13. The molecule has 0 aromatic carbocycles. The Morgan fingerprint density at radius 3 is 2.36 bits per heavy atom. The van der Waals surface area contributed by atoms with Gasteiger partial charge in [-0.15, -0.1) is 0 Å². The van der Waals surface area contributed by atoms with Gasteiger partial charge in [-0.05, 0) is 75.5 Å². The van der Waals surface area contributed by atoms with Crippen LogP contribution in [0.15, 0.2) is 11.6 Å². The van der Waals surface area contributed by atoms with Crippen LogP contribution in [0.25, 0.3) is 0 Å². The highest BCUT2D eigenvalue weighted by molar-refractivity contribution is 7.59. The second-order valence-corrected chi connectivity index (χ2v) is 9.56. The smallest absolute Gasteiger partial charge is 0.223 e. The Bertz CT molecular complexity index is 545. The van der Waals surface area contributed by atoms with E-state index in [-0.39, 0.29) is 19.0 Å². The molecule has 2 aliphatic carbocycles. The molecule has 1 amide bonds. The summed E-state index contributed by atoms with van der Waals surface area (Å²) in [7, 11) is 0. The minimum atomic E-state index is 0. The fourth-order valence-corrected chi connectivity index (χ4v) is 6.60. The van der Waals surface area contributed by atoms with Crippen molar-refractivity contribution in [3.05, 3.63) is 11.6 Å². The Morgan fingerprint density at radius 1 is 1.07 bits per heavy atom. The van der Waals surface area contributed by atoms with E-state index in [4.69, 9.17) is 0 Å². The Labute approximate surface area is 182 Å². The van der Waals surface area contributed by atoms with E-state index in [1.165, 1.54) is 44.9 Å². The third-order valence-electron chi connectivity index (χ3n) is 8.13. The first-order valence-electron chi connectivity index (χ1n) is 11.9. The highest BCUT2D eigenvalue weighted by Crippen LogP contribution is 2.61. The van der Waals surface area contributed by atoms with Crippen LogP contribution < -0.4 is 0 Å². The van der Waals surface area contributed by atoms with Crippen molar-refractivity contribution in [1.29, 1.82) is 0 Å². The molecule has 1 saturated carbocycles. The minimum Gasteiger partial charge on any atom is -0.337 e. The Hall–Kier alpha value is -0.440. The van der Waals surface area contributed by atoms with Crippen LogP contribution in [-0.4, -0.2) is 22.9 Å². The van der Waals surface area contributed by atoms with Crippen molar-refractivity contribution in [2.75, 3.05) is 6.54 Å². The SMILES string of the molecule is CC.CC1=CC[C@H]2[C@@H]3CCN4C(=O)CCCC[C@]4(C)C3CC[C@]12C.CCC.S. The number of fused-ring (bicyclic) bond motifs is 5. The zero-order valence-corrected chi connectivity index (χ0v) is 20.7. The van der Waals surface area contributed by atoms with Gasteiger partial charge in [-0.1, -0.05) is 59.1 Å². The van der Waals surface area contributed by atoms with Crippen molar-refractivity contribution in [2.24, 2.45) is 23.2 Å². The lowest BCUT2D eigenvalue weighted by Gasteiger charge is -2.59. The van der Waals surface area contributed by atoms with Gasteiger partial charge < -0.3 is 4.90 Å². The molecule has 0 aromatic heterocycles.